The SMILES string of the molecule is CCP(=O)(O)CCc1ccccc1. The zero-order valence-corrected chi connectivity index (χ0v) is 8.71. The molecule has 3 heteroatoms. The zero-order valence-electron chi connectivity index (χ0n) is 7.81. The Balaban J connectivity index is 2.49. The summed E-state index contributed by atoms with van der Waals surface area (Å²) in [7, 11) is -2.84. The normalized spacial score (nSPS) is 15.2. The largest absolute Gasteiger partial charge is 0.344 e. The lowest BCUT2D eigenvalue weighted by molar-refractivity contribution is 0.479. The summed E-state index contributed by atoms with van der Waals surface area (Å²) in [5.41, 5.74) is 1.13. The van der Waals surface area contributed by atoms with Crippen LogP contribution in [-0.4, -0.2) is 17.2 Å². The minimum atomic E-state index is -2.84. The number of hydrogen-bond donors (Lipinski definition) is 1. The fraction of sp³-hybridized carbons (Fsp3) is 0.400. The Bertz CT molecular complexity index is 295. The van der Waals surface area contributed by atoms with Gasteiger partial charge in [0.25, 0.3) is 0 Å². The molecule has 0 bridgehead atoms. The summed E-state index contributed by atoms with van der Waals surface area (Å²) in [6.45, 7) is 1.76. The van der Waals surface area contributed by atoms with E-state index in [9.17, 15) is 9.46 Å². The van der Waals surface area contributed by atoms with E-state index < -0.39 is 7.37 Å². The van der Waals surface area contributed by atoms with Crippen LogP contribution in [0.4, 0.5) is 0 Å². The van der Waals surface area contributed by atoms with E-state index in [0.717, 1.165) is 5.56 Å². The Morgan fingerprint density at radius 1 is 1.31 bits per heavy atom. The molecular formula is C10H15O2P. The molecule has 1 unspecified atom stereocenters. The second-order valence-corrected chi connectivity index (χ2v) is 5.89. The molecule has 0 aliphatic rings. The van der Waals surface area contributed by atoms with Gasteiger partial charge in [-0.1, -0.05) is 37.3 Å². The molecule has 1 atom stereocenters. The first kappa shape index (κ1) is 10.5. The lowest BCUT2D eigenvalue weighted by Gasteiger charge is -2.07. The van der Waals surface area contributed by atoms with Gasteiger partial charge in [0.15, 0.2) is 0 Å². The second-order valence-electron chi connectivity index (χ2n) is 3.12. The third-order valence-corrected chi connectivity index (χ3v) is 4.00. The molecule has 1 aromatic rings. The number of benzene rings is 1. The topological polar surface area (TPSA) is 37.3 Å². The van der Waals surface area contributed by atoms with Gasteiger partial charge in [0.1, 0.15) is 0 Å². The number of rotatable bonds is 4. The van der Waals surface area contributed by atoms with Crippen LogP contribution in [-0.2, 0) is 11.0 Å². The monoisotopic (exact) mass is 198 g/mol. The smallest absolute Gasteiger partial charge is 0.200 e. The van der Waals surface area contributed by atoms with Crippen molar-refractivity contribution in [1.29, 1.82) is 0 Å². The van der Waals surface area contributed by atoms with Crippen molar-refractivity contribution in [2.45, 2.75) is 13.3 Å². The molecule has 1 rings (SSSR count). The summed E-state index contributed by atoms with van der Waals surface area (Å²) in [6, 6.07) is 9.81. The molecule has 0 heterocycles. The fourth-order valence-corrected chi connectivity index (χ4v) is 2.03. The standard InChI is InChI=1S/C10H15O2P/c1-2-13(11,12)9-8-10-6-4-3-5-7-10/h3-7H,2,8-9H2,1H3,(H,11,12). The molecule has 72 valence electrons. The predicted molar refractivity (Wildman–Crippen MR) is 55.4 cm³/mol. The third kappa shape index (κ3) is 3.75. The number of aryl methyl sites for hydroxylation is 1. The van der Waals surface area contributed by atoms with Crippen molar-refractivity contribution in [3.63, 3.8) is 0 Å². The van der Waals surface area contributed by atoms with E-state index in [1.54, 1.807) is 6.92 Å². The fourth-order valence-electron chi connectivity index (χ4n) is 1.11. The summed E-state index contributed by atoms with van der Waals surface area (Å²) in [5, 5.41) is 0. The highest BCUT2D eigenvalue weighted by atomic mass is 31.2. The van der Waals surface area contributed by atoms with Crippen LogP contribution in [0.1, 0.15) is 12.5 Å². The second kappa shape index (κ2) is 4.59. The third-order valence-electron chi connectivity index (χ3n) is 2.09. The molecule has 0 fully saturated rings. The molecule has 0 aliphatic carbocycles. The van der Waals surface area contributed by atoms with Crippen LogP contribution >= 0.6 is 7.37 Å². The Hall–Kier alpha value is -0.590. The molecule has 0 saturated heterocycles. The van der Waals surface area contributed by atoms with Gasteiger partial charge < -0.3 is 4.89 Å². The van der Waals surface area contributed by atoms with Gasteiger partial charge in [-0.2, -0.15) is 0 Å². The Morgan fingerprint density at radius 3 is 2.46 bits per heavy atom. The van der Waals surface area contributed by atoms with Gasteiger partial charge in [0.2, 0.25) is 7.37 Å². The van der Waals surface area contributed by atoms with Crippen molar-refractivity contribution in [1.82, 2.24) is 0 Å². The highest BCUT2D eigenvalue weighted by Gasteiger charge is 2.13. The molecule has 0 radical (unpaired) electrons. The van der Waals surface area contributed by atoms with E-state index in [2.05, 4.69) is 0 Å². The lowest BCUT2D eigenvalue weighted by Crippen LogP contribution is -1.95. The predicted octanol–water partition coefficient (Wildman–Crippen LogP) is 2.52. The maximum Gasteiger partial charge on any atom is 0.200 e. The van der Waals surface area contributed by atoms with Gasteiger partial charge in [0.05, 0.1) is 0 Å². The van der Waals surface area contributed by atoms with Crippen LogP contribution in [0.15, 0.2) is 30.3 Å². The first-order chi connectivity index (χ1) is 6.14. The Kier molecular flexibility index (Phi) is 3.71. The van der Waals surface area contributed by atoms with Gasteiger partial charge in [-0.3, -0.25) is 4.57 Å². The maximum atomic E-state index is 11.3. The van der Waals surface area contributed by atoms with Crippen molar-refractivity contribution >= 4 is 7.37 Å². The van der Waals surface area contributed by atoms with Crippen molar-refractivity contribution < 1.29 is 9.46 Å². The first-order valence-corrected chi connectivity index (χ1v) is 6.52. The van der Waals surface area contributed by atoms with Crippen molar-refractivity contribution in [3.8, 4) is 0 Å². The Morgan fingerprint density at radius 2 is 1.92 bits per heavy atom. The highest BCUT2D eigenvalue weighted by Crippen LogP contribution is 2.39. The number of hydrogen-bond acceptors (Lipinski definition) is 1. The van der Waals surface area contributed by atoms with Gasteiger partial charge in [-0.15, -0.1) is 0 Å². The molecule has 0 aliphatic heterocycles. The molecule has 0 amide bonds. The average Bonchev–Trinajstić information content (AvgIpc) is 2.17. The van der Waals surface area contributed by atoms with E-state index in [0.29, 0.717) is 18.7 Å². The molecular weight excluding hydrogens is 183 g/mol. The van der Waals surface area contributed by atoms with Gasteiger partial charge in [-0.05, 0) is 12.0 Å². The summed E-state index contributed by atoms with van der Waals surface area (Å²) >= 11 is 0. The maximum absolute atomic E-state index is 11.3. The summed E-state index contributed by atoms with van der Waals surface area (Å²) < 4.78 is 11.3. The highest BCUT2D eigenvalue weighted by molar-refractivity contribution is 7.57. The van der Waals surface area contributed by atoms with Gasteiger partial charge in [-0.25, -0.2) is 0 Å². The van der Waals surface area contributed by atoms with Crippen LogP contribution in [0.3, 0.4) is 0 Å². The molecule has 0 aromatic heterocycles. The van der Waals surface area contributed by atoms with Crippen molar-refractivity contribution in [2.75, 3.05) is 12.3 Å². The molecule has 1 N–H and O–H groups in total. The van der Waals surface area contributed by atoms with Crippen molar-refractivity contribution in [3.05, 3.63) is 35.9 Å². The summed E-state index contributed by atoms with van der Waals surface area (Å²) in [6.07, 6.45) is 1.47. The van der Waals surface area contributed by atoms with Crippen LogP contribution in [0.5, 0.6) is 0 Å². The van der Waals surface area contributed by atoms with E-state index >= 15 is 0 Å². The van der Waals surface area contributed by atoms with Crippen LogP contribution in [0.25, 0.3) is 0 Å². The minimum absolute atomic E-state index is 0.375. The zero-order chi connectivity index (χ0) is 9.73. The van der Waals surface area contributed by atoms with Crippen LogP contribution in [0, 0.1) is 0 Å². The quantitative estimate of drug-likeness (QED) is 0.755. The van der Waals surface area contributed by atoms with E-state index in [-0.39, 0.29) is 0 Å². The molecule has 13 heavy (non-hydrogen) atoms. The molecule has 0 saturated carbocycles. The van der Waals surface area contributed by atoms with E-state index in [1.165, 1.54) is 0 Å². The van der Waals surface area contributed by atoms with Gasteiger partial charge in [0, 0.05) is 12.3 Å². The van der Waals surface area contributed by atoms with Crippen LogP contribution in [0.2, 0.25) is 0 Å². The minimum Gasteiger partial charge on any atom is -0.344 e. The van der Waals surface area contributed by atoms with Crippen molar-refractivity contribution in [2.24, 2.45) is 0 Å². The first-order valence-electron chi connectivity index (χ1n) is 4.49. The van der Waals surface area contributed by atoms with Crippen LogP contribution < -0.4 is 0 Å². The molecule has 0 spiro atoms. The molecule has 1 aromatic carbocycles. The van der Waals surface area contributed by atoms with Gasteiger partial charge >= 0.3 is 0 Å². The summed E-state index contributed by atoms with van der Waals surface area (Å²) in [4.78, 5) is 9.34. The van der Waals surface area contributed by atoms with E-state index in [4.69, 9.17) is 0 Å². The molecule has 2 nitrogen and oxygen atoms in total. The Labute approximate surface area is 79.1 Å². The summed E-state index contributed by atoms with van der Waals surface area (Å²) in [5.74, 6) is 0. The van der Waals surface area contributed by atoms with E-state index in [1.807, 2.05) is 30.3 Å². The lowest BCUT2D eigenvalue weighted by atomic mass is 10.2. The average molecular weight is 198 g/mol.